The van der Waals surface area contributed by atoms with E-state index in [0.29, 0.717) is 0 Å². The molecule has 1 fully saturated rings. The van der Waals surface area contributed by atoms with Crippen LogP contribution in [0, 0.1) is 50.1 Å². The standard InChI is InChI=1S/C27H40N6O11.Gd/c1-20(2)32(19-27(41)44-22-5-3-21(4-6-22)33(42)43)23(34)15-28-7-9-29(16-24(35)36)11-13-31(18-26(39)40)14-12-30(10-8-28)17-25(37)38;/h3-6,20H,7-19H2,1-2H3,(H,35,36)(H,37,38)(H,39,40);/q;+3/p-2. The smallest absolute Gasteiger partial charge is 0.549 e. The molecule has 17 nitrogen and oxygen atoms in total. The summed E-state index contributed by atoms with van der Waals surface area (Å²) in [5.41, 5.74) is -0.176. The van der Waals surface area contributed by atoms with Crippen molar-refractivity contribution in [3.05, 3.63) is 34.4 Å². The van der Waals surface area contributed by atoms with Crippen molar-refractivity contribution in [2.75, 3.05) is 85.1 Å². The average Bonchev–Trinajstić information content (AvgIpc) is 2.92. The van der Waals surface area contributed by atoms with Gasteiger partial charge in [-0.3, -0.25) is 39.3 Å². The molecule has 1 radical (unpaired) electrons. The molecule has 1 amide bonds. The van der Waals surface area contributed by atoms with Crippen LogP contribution in [0.3, 0.4) is 0 Å². The maximum absolute atomic E-state index is 13.4. The van der Waals surface area contributed by atoms with E-state index in [1.54, 1.807) is 33.4 Å². The molecule has 45 heavy (non-hydrogen) atoms. The quantitative estimate of drug-likeness (QED) is 0.0891. The summed E-state index contributed by atoms with van der Waals surface area (Å²) in [4.78, 5) is 78.1. The maximum atomic E-state index is 13.4. The third-order valence-corrected chi connectivity index (χ3v) is 6.88. The number of hydrogen-bond acceptors (Lipinski definition) is 14. The van der Waals surface area contributed by atoms with E-state index in [1.807, 2.05) is 0 Å². The van der Waals surface area contributed by atoms with Crippen molar-refractivity contribution in [1.82, 2.24) is 24.5 Å². The summed E-state index contributed by atoms with van der Waals surface area (Å²) in [6.45, 7) is 3.28. The first kappa shape index (κ1) is 40.2. The molecule has 1 aliphatic rings. The minimum atomic E-state index is -1.32. The van der Waals surface area contributed by atoms with E-state index in [4.69, 9.17) is 4.74 Å². The first-order valence-corrected chi connectivity index (χ1v) is 14.0. The molecule has 0 bridgehead atoms. The number of carbonyl (C=O) groups excluding carboxylic acids is 4. The molecule has 2 rings (SSSR count). The molecule has 0 unspecified atom stereocenters. The van der Waals surface area contributed by atoms with Crippen molar-refractivity contribution >= 4 is 35.5 Å². The van der Waals surface area contributed by atoms with Crippen LogP contribution in [0.4, 0.5) is 5.69 Å². The van der Waals surface area contributed by atoms with E-state index in [0.717, 1.165) is 0 Å². The molecule has 1 aromatic rings. The van der Waals surface area contributed by atoms with Crippen LogP contribution in [0.5, 0.6) is 5.75 Å². The zero-order chi connectivity index (χ0) is 32.8. The SMILES string of the molecule is CC(C)N(CC(=O)Oc1ccc([N+](=O)[O-])cc1)C(=O)CN1CCN(CC(=O)[O-])CCN(CC(=O)[O-])CCN(CC(=O)O)CC1.[Gd+3]. The zero-order valence-electron chi connectivity index (χ0n) is 25.1. The van der Waals surface area contributed by atoms with Gasteiger partial charge in [-0.15, -0.1) is 0 Å². The van der Waals surface area contributed by atoms with Gasteiger partial charge >= 0.3 is 51.9 Å². The predicted molar refractivity (Wildman–Crippen MR) is 149 cm³/mol. The topological polar surface area (TPSA) is 220 Å². The first-order valence-electron chi connectivity index (χ1n) is 14.0. The van der Waals surface area contributed by atoms with Crippen molar-refractivity contribution in [1.29, 1.82) is 0 Å². The molecule has 1 N–H and O–H groups in total. The van der Waals surface area contributed by atoms with Gasteiger partial charge in [0.2, 0.25) is 5.91 Å². The molecule has 249 valence electrons. The van der Waals surface area contributed by atoms with Crippen molar-refractivity contribution in [3.8, 4) is 5.75 Å². The van der Waals surface area contributed by atoms with Crippen molar-refractivity contribution < 1.29 is 88.9 Å². The molecule has 1 saturated heterocycles. The van der Waals surface area contributed by atoms with Crippen molar-refractivity contribution in [2.45, 2.75) is 19.9 Å². The fourth-order valence-electron chi connectivity index (χ4n) is 4.55. The Morgan fingerprint density at radius 2 is 1.20 bits per heavy atom. The Balaban J connectivity index is 0.0000101. The van der Waals surface area contributed by atoms with Gasteiger partial charge in [0, 0.05) is 83.6 Å². The number of aliphatic carboxylic acids is 3. The number of benzene rings is 1. The second-order valence-electron chi connectivity index (χ2n) is 10.6. The Kier molecular flexibility index (Phi) is 18.1. The number of carbonyl (C=O) groups is 5. The minimum Gasteiger partial charge on any atom is -0.549 e. The molecular weight excluding hydrogens is 742 g/mol. The molecule has 0 aliphatic carbocycles. The Morgan fingerprint density at radius 3 is 1.56 bits per heavy atom. The third kappa shape index (κ3) is 15.8. The number of carboxylic acid groups (broad SMARTS) is 3. The maximum Gasteiger partial charge on any atom is 3.00 e. The number of esters is 1. The summed E-state index contributed by atoms with van der Waals surface area (Å²) in [7, 11) is 0. The molecule has 1 aromatic carbocycles. The molecule has 18 heteroatoms. The van der Waals surface area contributed by atoms with Crippen LogP contribution < -0.4 is 14.9 Å². The predicted octanol–water partition coefficient (Wildman–Crippen LogP) is -3.46. The Morgan fingerprint density at radius 1 is 0.800 bits per heavy atom. The fourth-order valence-corrected chi connectivity index (χ4v) is 4.55. The second kappa shape index (κ2) is 20.3. The van der Waals surface area contributed by atoms with Crippen LogP contribution in [0.2, 0.25) is 0 Å². The summed E-state index contributed by atoms with van der Waals surface area (Å²) in [5.74, 6) is -4.83. The molecule has 0 saturated carbocycles. The second-order valence-corrected chi connectivity index (χ2v) is 10.6. The number of nitrogens with zero attached hydrogens (tertiary/aromatic N) is 6. The number of nitro benzene ring substituents is 1. The van der Waals surface area contributed by atoms with E-state index in [1.165, 1.54) is 29.2 Å². The normalized spacial score (nSPS) is 16.1. The summed E-state index contributed by atoms with van der Waals surface area (Å²) in [6, 6.07) is 4.50. The zero-order valence-corrected chi connectivity index (χ0v) is 27.4. The van der Waals surface area contributed by atoms with Gasteiger partial charge in [0.15, 0.2) is 0 Å². The fraction of sp³-hybridized carbons (Fsp3) is 0.593. The first-order chi connectivity index (χ1) is 20.7. The van der Waals surface area contributed by atoms with Gasteiger partial charge < -0.3 is 34.5 Å². The van der Waals surface area contributed by atoms with Crippen LogP contribution >= 0.6 is 0 Å². The van der Waals surface area contributed by atoms with Crippen LogP contribution in [-0.4, -0.2) is 155 Å². The largest absolute Gasteiger partial charge is 3.00 e. The number of non-ortho nitro benzene ring substituents is 1. The Labute approximate surface area is 292 Å². The molecule has 0 spiro atoms. The molecular formula is C27H38GdN6O11+. The number of ether oxygens (including phenoxy) is 1. The van der Waals surface area contributed by atoms with E-state index < -0.39 is 60.4 Å². The Bertz CT molecular complexity index is 1140. The van der Waals surface area contributed by atoms with E-state index in [9.17, 15) is 49.4 Å². The van der Waals surface area contributed by atoms with Crippen LogP contribution in [0.15, 0.2) is 24.3 Å². The van der Waals surface area contributed by atoms with Crippen LogP contribution in [0.25, 0.3) is 0 Å². The summed E-state index contributed by atoms with van der Waals surface area (Å²) in [5, 5.41) is 42.8. The van der Waals surface area contributed by atoms with Gasteiger partial charge in [-0.2, -0.15) is 0 Å². The monoisotopic (exact) mass is 780 g/mol. The summed E-state index contributed by atoms with van der Waals surface area (Å²) >= 11 is 0. The average molecular weight is 780 g/mol. The van der Waals surface area contributed by atoms with Crippen molar-refractivity contribution in [2.24, 2.45) is 0 Å². The summed E-state index contributed by atoms with van der Waals surface area (Å²) < 4.78 is 5.25. The minimum absolute atomic E-state index is 0. The summed E-state index contributed by atoms with van der Waals surface area (Å²) in [6.07, 6.45) is 0. The number of carboxylic acids is 3. The molecule has 0 aromatic heterocycles. The van der Waals surface area contributed by atoms with E-state index >= 15 is 0 Å². The number of rotatable bonds is 13. The molecule has 0 atom stereocenters. The van der Waals surface area contributed by atoms with Gasteiger partial charge in [0.1, 0.15) is 12.3 Å². The van der Waals surface area contributed by atoms with Crippen LogP contribution in [-0.2, 0) is 24.0 Å². The van der Waals surface area contributed by atoms with Crippen LogP contribution in [0.1, 0.15) is 13.8 Å². The molecule has 1 aliphatic heterocycles. The van der Waals surface area contributed by atoms with Gasteiger partial charge in [-0.1, -0.05) is 0 Å². The van der Waals surface area contributed by atoms with E-state index in [2.05, 4.69) is 0 Å². The number of amides is 1. The van der Waals surface area contributed by atoms with Gasteiger partial charge in [0.25, 0.3) is 5.69 Å². The van der Waals surface area contributed by atoms with E-state index in [-0.39, 0.29) is 117 Å². The van der Waals surface area contributed by atoms with Gasteiger partial charge in [-0.05, 0) is 26.0 Å². The van der Waals surface area contributed by atoms with Gasteiger partial charge in [0.05, 0.1) is 30.0 Å². The number of nitro groups is 1. The molecule has 1 heterocycles. The Hall–Kier alpha value is -2.87. The third-order valence-electron chi connectivity index (χ3n) is 6.88. The number of hydrogen-bond donors (Lipinski definition) is 1. The van der Waals surface area contributed by atoms with Gasteiger partial charge in [-0.25, -0.2) is 4.79 Å². The van der Waals surface area contributed by atoms with Crippen molar-refractivity contribution in [3.63, 3.8) is 0 Å².